The largest absolute Gasteiger partial charge is 0.443 e. The highest BCUT2D eigenvalue weighted by molar-refractivity contribution is 5.65. The number of fused-ring (bicyclic) bond motifs is 1. The molecule has 0 aliphatic heterocycles. The van der Waals surface area contributed by atoms with Crippen LogP contribution in [0.5, 0.6) is 0 Å². The molecule has 0 bridgehead atoms. The van der Waals surface area contributed by atoms with Crippen molar-refractivity contribution < 1.29 is 19.0 Å². The zero-order valence-corrected chi connectivity index (χ0v) is 7.81. The zero-order chi connectivity index (χ0) is 11.0. The van der Waals surface area contributed by atoms with Gasteiger partial charge in [0.1, 0.15) is 18.0 Å². The molecule has 3 N–H and O–H groups in total. The Balaban J connectivity index is 2.29. The number of amides is 1. The van der Waals surface area contributed by atoms with Gasteiger partial charge in [-0.3, -0.25) is 0 Å². The van der Waals surface area contributed by atoms with E-state index in [2.05, 4.69) is 4.74 Å². The molecule has 1 aliphatic carbocycles. The third kappa shape index (κ3) is 1.66. The number of benzene rings is 1. The van der Waals surface area contributed by atoms with Crippen LogP contribution in [0.4, 0.5) is 9.18 Å². The molecule has 0 fully saturated rings. The van der Waals surface area contributed by atoms with E-state index in [-0.39, 0.29) is 6.42 Å². The quantitative estimate of drug-likeness (QED) is 0.724. The van der Waals surface area contributed by atoms with Crippen molar-refractivity contribution in [2.75, 3.05) is 0 Å². The zero-order valence-electron chi connectivity index (χ0n) is 7.81. The predicted octanol–water partition coefficient (Wildman–Crippen LogP) is 0.879. The van der Waals surface area contributed by atoms with Crippen LogP contribution < -0.4 is 5.73 Å². The second kappa shape index (κ2) is 3.51. The van der Waals surface area contributed by atoms with Gasteiger partial charge in [-0.15, -0.1) is 0 Å². The van der Waals surface area contributed by atoms with Gasteiger partial charge in [0, 0.05) is 6.42 Å². The van der Waals surface area contributed by atoms with Crippen LogP contribution in [0.1, 0.15) is 17.2 Å². The Morgan fingerprint density at radius 3 is 2.93 bits per heavy atom. The first-order valence-electron chi connectivity index (χ1n) is 4.51. The fourth-order valence-corrected chi connectivity index (χ4v) is 1.84. The van der Waals surface area contributed by atoms with Gasteiger partial charge in [-0.25, -0.2) is 9.18 Å². The first-order chi connectivity index (χ1) is 7.09. The van der Waals surface area contributed by atoms with Crippen LogP contribution in [0, 0.1) is 5.82 Å². The summed E-state index contributed by atoms with van der Waals surface area (Å²) in [5, 5.41) is 9.72. The highest BCUT2D eigenvalue weighted by Crippen LogP contribution is 2.34. The third-order valence-electron chi connectivity index (χ3n) is 2.50. The lowest BCUT2D eigenvalue weighted by atomic mass is 10.1. The number of ether oxygens (including phenoxy) is 1. The lowest BCUT2D eigenvalue weighted by Gasteiger charge is -2.13. The molecule has 1 aliphatic rings. The van der Waals surface area contributed by atoms with Crippen molar-refractivity contribution >= 4 is 6.09 Å². The molecular weight excluding hydrogens is 201 g/mol. The summed E-state index contributed by atoms with van der Waals surface area (Å²) in [6, 6.07) is 4.41. The van der Waals surface area contributed by atoms with E-state index in [1.165, 1.54) is 12.1 Å². The van der Waals surface area contributed by atoms with Gasteiger partial charge >= 0.3 is 6.09 Å². The van der Waals surface area contributed by atoms with Crippen LogP contribution >= 0.6 is 0 Å². The van der Waals surface area contributed by atoms with Crippen LogP contribution in [0.15, 0.2) is 18.2 Å². The number of halogens is 1. The molecule has 0 saturated heterocycles. The maximum atomic E-state index is 13.3. The monoisotopic (exact) mass is 211 g/mol. The van der Waals surface area contributed by atoms with Gasteiger partial charge in [-0.05, 0) is 17.2 Å². The number of aliphatic hydroxyl groups is 1. The van der Waals surface area contributed by atoms with E-state index in [0.717, 1.165) is 0 Å². The Labute approximate surface area is 85.5 Å². The van der Waals surface area contributed by atoms with E-state index in [1.807, 2.05) is 0 Å². The molecule has 1 amide bonds. The SMILES string of the molecule is NC(=O)OC1Cc2c(F)cccc2C1O. The number of nitrogens with two attached hydrogens (primary N) is 1. The average Bonchev–Trinajstić information content (AvgIpc) is 2.46. The van der Waals surface area contributed by atoms with E-state index < -0.39 is 24.1 Å². The molecule has 0 aromatic heterocycles. The van der Waals surface area contributed by atoms with Crippen molar-refractivity contribution in [3.05, 3.63) is 35.1 Å². The molecule has 1 aromatic rings. The van der Waals surface area contributed by atoms with Gasteiger partial charge in [0.2, 0.25) is 0 Å². The second-order valence-electron chi connectivity index (χ2n) is 3.43. The predicted molar refractivity (Wildman–Crippen MR) is 49.5 cm³/mol. The smallest absolute Gasteiger partial charge is 0.404 e. The molecular formula is C10H10FNO3. The van der Waals surface area contributed by atoms with E-state index in [0.29, 0.717) is 11.1 Å². The summed E-state index contributed by atoms with van der Waals surface area (Å²) in [6.07, 6.45) is -2.59. The molecule has 2 unspecified atom stereocenters. The molecule has 0 radical (unpaired) electrons. The van der Waals surface area contributed by atoms with E-state index in [1.54, 1.807) is 6.07 Å². The summed E-state index contributed by atoms with van der Waals surface area (Å²) < 4.78 is 18.0. The summed E-state index contributed by atoms with van der Waals surface area (Å²) >= 11 is 0. The fraction of sp³-hybridized carbons (Fsp3) is 0.300. The highest BCUT2D eigenvalue weighted by atomic mass is 19.1. The van der Waals surface area contributed by atoms with Gasteiger partial charge in [-0.2, -0.15) is 0 Å². The van der Waals surface area contributed by atoms with E-state index in [4.69, 9.17) is 5.73 Å². The number of carbonyl (C=O) groups is 1. The lowest BCUT2D eigenvalue weighted by Crippen LogP contribution is -2.26. The third-order valence-corrected chi connectivity index (χ3v) is 2.50. The number of aliphatic hydroxyl groups excluding tert-OH is 1. The van der Waals surface area contributed by atoms with E-state index >= 15 is 0 Å². The maximum absolute atomic E-state index is 13.3. The van der Waals surface area contributed by atoms with Gasteiger partial charge in [0.25, 0.3) is 0 Å². The molecule has 80 valence electrons. The van der Waals surface area contributed by atoms with Crippen molar-refractivity contribution in [3.63, 3.8) is 0 Å². The van der Waals surface area contributed by atoms with Crippen LogP contribution in [-0.2, 0) is 11.2 Å². The van der Waals surface area contributed by atoms with Crippen molar-refractivity contribution in [1.29, 1.82) is 0 Å². The highest BCUT2D eigenvalue weighted by Gasteiger charge is 2.35. The minimum absolute atomic E-state index is 0.159. The molecule has 0 heterocycles. The molecule has 0 spiro atoms. The second-order valence-corrected chi connectivity index (χ2v) is 3.43. The topological polar surface area (TPSA) is 72.6 Å². The Morgan fingerprint density at radius 1 is 1.60 bits per heavy atom. The molecule has 2 atom stereocenters. The Hall–Kier alpha value is -1.62. The first kappa shape index (κ1) is 9.92. The molecule has 15 heavy (non-hydrogen) atoms. The molecule has 2 rings (SSSR count). The van der Waals surface area contributed by atoms with Crippen molar-refractivity contribution in [2.24, 2.45) is 5.73 Å². The Bertz CT molecular complexity index is 408. The van der Waals surface area contributed by atoms with Crippen molar-refractivity contribution in [2.45, 2.75) is 18.6 Å². The summed E-state index contributed by atoms with van der Waals surface area (Å²) in [7, 11) is 0. The number of primary amides is 1. The fourth-order valence-electron chi connectivity index (χ4n) is 1.84. The normalized spacial score (nSPS) is 23.6. The Morgan fingerprint density at radius 2 is 2.33 bits per heavy atom. The van der Waals surface area contributed by atoms with Gasteiger partial charge in [0.15, 0.2) is 0 Å². The van der Waals surface area contributed by atoms with Crippen LogP contribution in [0.25, 0.3) is 0 Å². The summed E-state index contributed by atoms with van der Waals surface area (Å²) in [4.78, 5) is 10.5. The van der Waals surface area contributed by atoms with Crippen molar-refractivity contribution in [1.82, 2.24) is 0 Å². The van der Waals surface area contributed by atoms with Crippen LogP contribution in [0.2, 0.25) is 0 Å². The molecule has 1 aromatic carbocycles. The van der Waals surface area contributed by atoms with Crippen LogP contribution in [0.3, 0.4) is 0 Å². The van der Waals surface area contributed by atoms with Crippen molar-refractivity contribution in [3.8, 4) is 0 Å². The number of carbonyl (C=O) groups excluding carboxylic acids is 1. The molecule has 5 heteroatoms. The number of rotatable bonds is 1. The number of hydrogen-bond donors (Lipinski definition) is 2. The minimum atomic E-state index is -0.997. The summed E-state index contributed by atoms with van der Waals surface area (Å²) in [5.41, 5.74) is 5.69. The lowest BCUT2D eigenvalue weighted by molar-refractivity contribution is 0.0171. The van der Waals surface area contributed by atoms with Gasteiger partial charge < -0.3 is 15.6 Å². The first-order valence-corrected chi connectivity index (χ1v) is 4.51. The Kier molecular flexibility index (Phi) is 2.32. The summed E-state index contributed by atoms with van der Waals surface area (Å²) in [5.74, 6) is -0.401. The standard InChI is InChI=1S/C10H10FNO3/c11-7-3-1-2-5-6(7)4-8(9(5)13)15-10(12)14/h1-3,8-9,13H,4H2,(H2,12,14). The average molecular weight is 211 g/mol. The van der Waals surface area contributed by atoms with Gasteiger partial charge in [0.05, 0.1) is 0 Å². The van der Waals surface area contributed by atoms with Crippen LogP contribution in [-0.4, -0.2) is 17.3 Å². The maximum Gasteiger partial charge on any atom is 0.404 e. The minimum Gasteiger partial charge on any atom is -0.443 e. The van der Waals surface area contributed by atoms with E-state index in [9.17, 15) is 14.3 Å². The number of hydrogen-bond acceptors (Lipinski definition) is 3. The summed E-state index contributed by atoms with van der Waals surface area (Å²) in [6.45, 7) is 0. The molecule has 4 nitrogen and oxygen atoms in total. The van der Waals surface area contributed by atoms with Gasteiger partial charge in [-0.1, -0.05) is 12.1 Å². The molecule has 0 saturated carbocycles.